The number of hydrogen-bond donors (Lipinski definition) is 1. The van der Waals surface area contributed by atoms with Crippen molar-refractivity contribution in [2.75, 3.05) is 6.26 Å². The molecule has 0 spiro atoms. The minimum Gasteiger partial charge on any atom is -0.345 e. The highest BCUT2D eigenvalue weighted by Crippen LogP contribution is 2.26. The molecule has 2 aromatic carbocycles. The van der Waals surface area contributed by atoms with Crippen LogP contribution in [0.15, 0.2) is 41.3 Å². The first kappa shape index (κ1) is 18.7. The van der Waals surface area contributed by atoms with E-state index in [9.17, 15) is 17.6 Å². The fraction of sp³-hybridized carbons (Fsp3) is 0.188. The predicted octanol–water partition coefficient (Wildman–Crippen LogP) is 4.03. The Morgan fingerprint density at radius 2 is 1.83 bits per heavy atom. The van der Waals surface area contributed by atoms with Crippen LogP contribution < -0.4 is 5.32 Å². The summed E-state index contributed by atoms with van der Waals surface area (Å²) in [6.07, 6.45) is 0.984. The zero-order valence-electron chi connectivity index (χ0n) is 12.8. The highest BCUT2D eigenvalue weighted by Gasteiger charge is 2.19. The third-order valence-corrected chi connectivity index (χ3v) is 5.06. The summed E-state index contributed by atoms with van der Waals surface area (Å²) < 4.78 is 37.0. The van der Waals surface area contributed by atoms with Crippen LogP contribution in [-0.4, -0.2) is 20.6 Å². The first-order valence-electron chi connectivity index (χ1n) is 6.85. The van der Waals surface area contributed by atoms with E-state index in [1.165, 1.54) is 6.07 Å². The lowest BCUT2D eigenvalue weighted by molar-refractivity contribution is 0.0935. The van der Waals surface area contributed by atoms with Gasteiger partial charge in [0, 0.05) is 16.3 Å². The van der Waals surface area contributed by atoms with Crippen LogP contribution in [0.3, 0.4) is 0 Å². The van der Waals surface area contributed by atoms with Crippen molar-refractivity contribution in [3.63, 3.8) is 0 Å². The number of amides is 1. The summed E-state index contributed by atoms with van der Waals surface area (Å²) in [7, 11) is -3.55. The van der Waals surface area contributed by atoms with Crippen molar-refractivity contribution >= 4 is 38.9 Å². The first-order valence-corrected chi connectivity index (χ1v) is 9.49. The van der Waals surface area contributed by atoms with Gasteiger partial charge < -0.3 is 5.32 Å². The average Bonchev–Trinajstić information content (AvgIpc) is 2.45. The molecule has 24 heavy (non-hydrogen) atoms. The van der Waals surface area contributed by atoms with Crippen molar-refractivity contribution in [1.29, 1.82) is 0 Å². The molecule has 0 aliphatic heterocycles. The SMILES string of the molecule is CC(NC(=O)c1cc(S(C)(=O)=O)ccc1F)c1ccc(Cl)cc1Cl. The highest BCUT2D eigenvalue weighted by atomic mass is 35.5. The number of sulfone groups is 1. The number of carbonyl (C=O) groups excluding carboxylic acids is 1. The molecule has 2 aromatic rings. The summed E-state index contributed by atoms with van der Waals surface area (Å²) in [6.45, 7) is 1.67. The Labute approximate surface area is 149 Å². The van der Waals surface area contributed by atoms with Crippen molar-refractivity contribution < 1.29 is 17.6 Å². The molecule has 0 aliphatic rings. The summed E-state index contributed by atoms with van der Waals surface area (Å²) in [5.74, 6) is -1.55. The van der Waals surface area contributed by atoms with Crippen molar-refractivity contribution in [3.8, 4) is 0 Å². The number of benzene rings is 2. The molecule has 0 aromatic heterocycles. The van der Waals surface area contributed by atoms with Crippen LogP contribution in [0.2, 0.25) is 10.0 Å². The van der Waals surface area contributed by atoms with Gasteiger partial charge in [-0.25, -0.2) is 12.8 Å². The molecule has 1 atom stereocenters. The van der Waals surface area contributed by atoms with Crippen molar-refractivity contribution in [1.82, 2.24) is 5.32 Å². The molecule has 2 rings (SSSR count). The molecule has 1 unspecified atom stereocenters. The lowest BCUT2D eigenvalue weighted by Crippen LogP contribution is -2.27. The van der Waals surface area contributed by atoms with Crippen molar-refractivity contribution in [2.45, 2.75) is 17.9 Å². The largest absolute Gasteiger partial charge is 0.345 e. The molecular weight excluding hydrogens is 376 g/mol. The van der Waals surface area contributed by atoms with Gasteiger partial charge in [0.25, 0.3) is 5.91 Å². The fourth-order valence-corrected chi connectivity index (χ4v) is 3.33. The van der Waals surface area contributed by atoms with E-state index in [2.05, 4.69) is 5.32 Å². The van der Waals surface area contributed by atoms with Crippen LogP contribution in [0.5, 0.6) is 0 Å². The maximum atomic E-state index is 13.9. The van der Waals surface area contributed by atoms with Gasteiger partial charge in [-0.05, 0) is 42.8 Å². The summed E-state index contributed by atoms with van der Waals surface area (Å²) >= 11 is 11.9. The van der Waals surface area contributed by atoms with Crippen LogP contribution in [0.4, 0.5) is 4.39 Å². The Bertz CT molecular complexity index is 900. The highest BCUT2D eigenvalue weighted by molar-refractivity contribution is 7.90. The molecular formula is C16H14Cl2FNO3S. The van der Waals surface area contributed by atoms with E-state index in [1.807, 2.05) is 0 Å². The van der Waals surface area contributed by atoms with Crippen LogP contribution >= 0.6 is 23.2 Å². The van der Waals surface area contributed by atoms with Gasteiger partial charge in [-0.1, -0.05) is 29.3 Å². The van der Waals surface area contributed by atoms with Gasteiger partial charge in [-0.15, -0.1) is 0 Å². The predicted molar refractivity (Wildman–Crippen MR) is 91.9 cm³/mol. The van der Waals surface area contributed by atoms with E-state index in [4.69, 9.17) is 23.2 Å². The van der Waals surface area contributed by atoms with Crippen LogP contribution in [0, 0.1) is 5.82 Å². The molecule has 0 fully saturated rings. The molecule has 0 radical (unpaired) electrons. The van der Waals surface area contributed by atoms with Crippen LogP contribution in [0.25, 0.3) is 0 Å². The van der Waals surface area contributed by atoms with E-state index in [-0.39, 0.29) is 10.5 Å². The number of halogens is 3. The topological polar surface area (TPSA) is 63.2 Å². The number of carbonyl (C=O) groups is 1. The summed E-state index contributed by atoms with van der Waals surface area (Å²) in [6, 6.07) is 7.35. The molecule has 128 valence electrons. The Hall–Kier alpha value is -1.63. The van der Waals surface area contributed by atoms with Gasteiger partial charge in [-0.2, -0.15) is 0 Å². The Kier molecular flexibility index (Phi) is 5.52. The van der Waals surface area contributed by atoms with E-state index < -0.39 is 27.6 Å². The number of nitrogens with one attached hydrogen (secondary N) is 1. The molecule has 0 heterocycles. The van der Waals surface area contributed by atoms with Gasteiger partial charge in [0.2, 0.25) is 0 Å². The van der Waals surface area contributed by atoms with Gasteiger partial charge in [0.1, 0.15) is 5.82 Å². The zero-order chi connectivity index (χ0) is 18.1. The molecule has 8 heteroatoms. The minimum absolute atomic E-state index is 0.133. The van der Waals surface area contributed by atoms with Gasteiger partial charge in [-0.3, -0.25) is 4.79 Å². The maximum Gasteiger partial charge on any atom is 0.254 e. The molecule has 0 aliphatic carbocycles. The third-order valence-electron chi connectivity index (χ3n) is 3.39. The Morgan fingerprint density at radius 1 is 1.17 bits per heavy atom. The van der Waals surface area contributed by atoms with Crippen molar-refractivity contribution in [2.24, 2.45) is 0 Å². The molecule has 1 amide bonds. The number of rotatable bonds is 4. The van der Waals surface area contributed by atoms with E-state index >= 15 is 0 Å². The molecule has 0 saturated carbocycles. The smallest absolute Gasteiger partial charge is 0.254 e. The van der Waals surface area contributed by atoms with E-state index in [1.54, 1.807) is 19.1 Å². The quantitative estimate of drug-likeness (QED) is 0.802. The van der Waals surface area contributed by atoms with Crippen molar-refractivity contribution in [3.05, 3.63) is 63.4 Å². The minimum atomic E-state index is -3.55. The second-order valence-corrected chi connectivity index (χ2v) is 8.13. The maximum absolute atomic E-state index is 13.9. The Balaban J connectivity index is 2.29. The number of hydrogen-bond acceptors (Lipinski definition) is 3. The van der Waals surface area contributed by atoms with E-state index in [0.29, 0.717) is 15.6 Å². The third kappa shape index (κ3) is 4.26. The molecule has 4 nitrogen and oxygen atoms in total. The lowest BCUT2D eigenvalue weighted by Gasteiger charge is -2.16. The Morgan fingerprint density at radius 3 is 2.42 bits per heavy atom. The second-order valence-electron chi connectivity index (χ2n) is 5.27. The summed E-state index contributed by atoms with van der Waals surface area (Å²) in [4.78, 5) is 12.2. The second kappa shape index (κ2) is 7.09. The molecule has 0 bridgehead atoms. The molecule has 1 N–H and O–H groups in total. The summed E-state index contributed by atoms with van der Waals surface area (Å²) in [5, 5.41) is 3.41. The van der Waals surface area contributed by atoms with Gasteiger partial charge in [0.05, 0.1) is 16.5 Å². The monoisotopic (exact) mass is 389 g/mol. The fourth-order valence-electron chi connectivity index (χ4n) is 2.11. The standard InChI is InChI=1S/C16H14Cl2FNO3S/c1-9(12-5-3-10(17)7-14(12)18)20-16(21)13-8-11(24(2,22)23)4-6-15(13)19/h3-9H,1-2H3,(H,20,21). The normalized spacial score (nSPS) is 12.7. The van der Waals surface area contributed by atoms with Crippen LogP contribution in [0.1, 0.15) is 28.9 Å². The first-order chi connectivity index (χ1) is 11.1. The summed E-state index contributed by atoms with van der Waals surface area (Å²) in [5.41, 5.74) is 0.254. The average molecular weight is 390 g/mol. The molecule has 0 saturated heterocycles. The lowest BCUT2D eigenvalue weighted by atomic mass is 10.1. The zero-order valence-corrected chi connectivity index (χ0v) is 15.1. The van der Waals surface area contributed by atoms with Gasteiger partial charge in [0.15, 0.2) is 9.84 Å². The van der Waals surface area contributed by atoms with Gasteiger partial charge >= 0.3 is 0 Å². The van der Waals surface area contributed by atoms with E-state index in [0.717, 1.165) is 24.5 Å². The van der Waals surface area contributed by atoms with Crippen LogP contribution in [-0.2, 0) is 9.84 Å².